The van der Waals surface area contributed by atoms with Crippen LogP contribution >= 0.6 is 34.0 Å². The van der Waals surface area contributed by atoms with Crippen LogP contribution in [-0.4, -0.2) is 13.4 Å². The van der Waals surface area contributed by atoms with Gasteiger partial charge in [-0.05, 0) is 222 Å². The fourth-order valence-electron chi connectivity index (χ4n) is 18.8. The molecule has 5 nitrogen and oxygen atoms in total. The van der Waals surface area contributed by atoms with Crippen LogP contribution in [0.4, 0.5) is 67.8 Å². The molecule has 4 aliphatic heterocycles. The number of anilines is 12. The summed E-state index contributed by atoms with van der Waals surface area (Å²) in [5.41, 5.74) is 29.8. The topological polar surface area (TPSA) is 26.1 Å². The lowest BCUT2D eigenvalue weighted by Crippen LogP contribution is -2.61. The summed E-state index contributed by atoms with van der Waals surface area (Å²) in [6, 6.07) is 117. The number of furan rings is 1. The van der Waals surface area contributed by atoms with Gasteiger partial charge in [-0.1, -0.05) is 242 Å². The minimum Gasteiger partial charge on any atom is -0.440 e. The maximum atomic E-state index is 7.09. The summed E-state index contributed by atoms with van der Waals surface area (Å²) in [6.45, 7) is 18.3. The molecule has 23 rings (SSSR count). The van der Waals surface area contributed by atoms with Crippen LogP contribution in [0.15, 0.2) is 320 Å². The lowest BCUT2D eigenvalue weighted by atomic mass is 9.33. The Morgan fingerprint density at radius 2 is 0.732 bits per heavy atom. The Morgan fingerprint density at radius 3 is 1.29 bits per heavy atom. The number of hydrogen-bond donors (Lipinski definition) is 0. The van der Waals surface area contributed by atoms with Crippen molar-refractivity contribution in [1.29, 1.82) is 0 Å². The molecule has 19 aromatic rings. The first-order valence-corrected chi connectivity index (χ1v) is 41.5. The van der Waals surface area contributed by atoms with Crippen LogP contribution in [0.5, 0.6) is 0 Å². The van der Waals surface area contributed by atoms with Crippen molar-refractivity contribution in [2.75, 3.05) is 19.6 Å². The highest BCUT2D eigenvalue weighted by Gasteiger charge is 2.49. The van der Waals surface area contributed by atoms with Gasteiger partial charge in [0.15, 0.2) is 0 Å². The van der Waals surface area contributed by atoms with Crippen LogP contribution in [0, 0.1) is 13.8 Å². The summed E-state index contributed by atoms with van der Waals surface area (Å²) in [7, 11) is 0. The van der Waals surface area contributed by atoms with Crippen molar-refractivity contribution >= 4 is 221 Å². The summed E-state index contributed by atoms with van der Waals surface area (Å²) in [4.78, 5) is 11.3. The van der Waals surface area contributed by atoms with Crippen LogP contribution in [0.25, 0.3) is 94.4 Å². The predicted octanol–water partition coefficient (Wildman–Crippen LogP) is 25.9. The van der Waals surface area contributed by atoms with Gasteiger partial charge in [0.2, 0.25) is 5.88 Å². The van der Waals surface area contributed by atoms with Gasteiger partial charge in [0.25, 0.3) is 13.4 Å². The molecule has 15 aromatic carbocycles. The molecule has 4 aliphatic rings. The van der Waals surface area contributed by atoms with Crippen molar-refractivity contribution < 1.29 is 4.42 Å². The molecule has 4 aromatic heterocycles. The monoisotopic (exact) mass is 1490 g/mol. The van der Waals surface area contributed by atoms with Gasteiger partial charge >= 0.3 is 0 Å². The molecular weight excluding hydrogens is 1410 g/mol. The molecule has 112 heavy (non-hydrogen) atoms. The molecule has 10 heteroatoms. The number of fused-ring (bicyclic) bond motifs is 21. The van der Waals surface area contributed by atoms with Gasteiger partial charge in [-0.25, -0.2) is 0 Å². The molecule has 534 valence electrons. The first-order valence-electron chi connectivity index (χ1n) is 39.0. The van der Waals surface area contributed by atoms with E-state index in [0.29, 0.717) is 0 Å². The first kappa shape index (κ1) is 66.8. The second-order valence-electron chi connectivity index (χ2n) is 32.8. The number of aryl methyl sites for hydroxylation is 2. The number of thiophene rings is 3. The molecule has 0 radical (unpaired) electrons. The fraction of sp³-hybridized carbons (Fsp3) is 0.0980. The zero-order valence-electron chi connectivity index (χ0n) is 63.6. The Morgan fingerprint density at radius 1 is 0.304 bits per heavy atom. The van der Waals surface area contributed by atoms with E-state index in [1.807, 2.05) is 34.0 Å². The van der Waals surface area contributed by atoms with E-state index in [4.69, 9.17) is 4.42 Å². The standard InChI is InChI=1S/C51H37BN2OS.C51H39BN2S2/c1-30-25-42-48-43(26-30)54(33-17-9-6-10-18-33)50-47(38-27-31(51(2,3)4)23-24-44(38)55-50)52(48)40-29-45-39(28-41(40)53(42)32-15-7-5-8-16-32)46-36-21-13-11-19-34(36)35-20-12-14-22-37(35)49(46)56-45;1-32-27-42-48-43(28-32)54(37-23-15-8-16-24-37)50-47(38-26-25-35(51(2,3)4)29-44(38)56-50)52(48)40-31-45-39(30-41(40)53(42)36-21-13-7-14-22-36)46(33-17-9-5-10-18-33)49(55-45)34-19-11-6-12-20-34/h5-29H,1-4H3;5-31H,1-4H3. The first-order chi connectivity index (χ1) is 54.7. The minimum absolute atomic E-state index is 0.0182. The largest absolute Gasteiger partial charge is 0.440 e. The summed E-state index contributed by atoms with van der Waals surface area (Å²) in [6.07, 6.45) is 0. The van der Waals surface area contributed by atoms with Crippen LogP contribution in [-0.2, 0) is 10.8 Å². The van der Waals surface area contributed by atoms with E-state index in [1.54, 1.807) is 0 Å². The third-order valence-corrected chi connectivity index (χ3v) is 27.4. The summed E-state index contributed by atoms with van der Waals surface area (Å²) in [5, 5.41) is 13.0. The second-order valence-corrected chi connectivity index (χ2v) is 35.9. The molecule has 0 fully saturated rings. The Hall–Kier alpha value is -12.2. The maximum Gasteiger partial charge on any atom is 0.257 e. The lowest BCUT2D eigenvalue weighted by molar-refractivity contribution is 0.589. The summed E-state index contributed by atoms with van der Waals surface area (Å²) < 4.78 is 12.4. The number of rotatable bonds is 6. The molecule has 0 saturated carbocycles. The Balaban J connectivity index is 0.000000137. The van der Waals surface area contributed by atoms with Gasteiger partial charge < -0.3 is 19.1 Å². The molecular formula is C102H76B2N4OS3. The Bertz CT molecular complexity index is 7080. The third kappa shape index (κ3) is 10.2. The molecule has 8 heterocycles. The molecule has 0 saturated heterocycles. The van der Waals surface area contributed by atoms with Crippen LogP contribution in [0.3, 0.4) is 0 Å². The summed E-state index contributed by atoms with van der Waals surface area (Å²) >= 11 is 5.80. The zero-order valence-corrected chi connectivity index (χ0v) is 66.0. The van der Waals surface area contributed by atoms with E-state index in [1.165, 1.54) is 194 Å². The van der Waals surface area contributed by atoms with Crippen LogP contribution < -0.4 is 52.4 Å². The smallest absolute Gasteiger partial charge is 0.257 e. The molecule has 0 aliphatic carbocycles. The number of hydrogen-bond acceptors (Lipinski definition) is 8. The van der Waals surface area contributed by atoms with Crippen molar-refractivity contribution in [2.24, 2.45) is 0 Å². The second kappa shape index (κ2) is 25.2. The predicted molar refractivity (Wildman–Crippen MR) is 487 cm³/mol. The molecule has 0 amide bonds. The van der Waals surface area contributed by atoms with E-state index in [-0.39, 0.29) is 24.3 Å². The van der Waals surface area contributed by atoms with E-state index < -0.39 is 0 Å². The lowest BCUT2D eigenvalue weighted by Gasteiger charge is -2.43. The van der Waals surface area contributed by atoms with Crippen LogP contribution in [0.2, 0.25) is 0 Å². The average Bonchev–Trinajstić information content (AvgIpc) is 1.40. The van der Waals surface area contributed by atoms with E-state index in [0.717, 1.165) is 22.8 Å². The highest BCUT2D eigenvalue weighted by molar-refractivity contribution is 7.28. The molecule has 0 atom stereocenters. The third-order valence-electron chi connectivity index (χ3n) is 23.8. The minimum atomic E-state index is -0.0508. The van der Waals surface area contributed by atoms with Crippen molar-refractivity contribution in [3.63, 3.8) is 0 Å². The van der Waals surface area contributed by atoms with Crippen LogP contribution in [0.1, 0.15) is 63.8 Å². The Labute approximate surface area is 665 Å². The van der Waals surface area contributed by atoms with Gasteiger partial charge in [0.1, 0.15) is 5.58 Å². The van der Waals surface area contributed by atoms with Crippen molar-refractivity contribution in [2.45, 2.75) is 66.2 Å². The van der Waals surface area contributed by atoms with E-state index in [2.05, 4.69) is 390 Å². The van der Waals surface area contributed by atoms with Crippen molar-refractivity contribution in [1.82, 2.24) is 0 Å². The number of benzene rings is 15. The van der Waals surface area contributed by atoms with E-state index >= 15 is 0 Å². The van der Waals surface area contributed by atoms with Gasteiger partial charge in [-0.15, -0.1) is 34.0 Å². The normalized spacial score (nSPS) is 13.4. The zero-order chi connectivity index (χ0) is 75.2. The average molecular weight is 1490 g/mol. The maximum absolute atomic E-state index is 7.09. The highest BCUT2D eigenvalue weighted by atomic mass is 32.1. The molecule has 0 spiro atoms. The Kier molecular flexibility index (Phi) is 15.0. The van der Waals surface area contributed by atoms with Crippen molar-refractivity contribution in [3.8, 4) is 21.6 Å². The molecule has 0 bridgehead atoms. The molecule has 0 unspecified atom stereocenters. The van der Waals surface area contributed by atoms with Gasteiger partial charge in [0.05, 0.1) is 5.00 Å². The fourth-order valence-corrected chi connectivity index (χ4v) is 22.6. The van der Waals surface area contributed by atoms with Gasteiger partial charge in [-0.2, -0.15) is 0 Å². The quantitative estimate of drug-likeness (QED) is 0.122. The van der Waals surface area contributed by atoms with Crippen molar-refractivity contribution in [3.05, 3.63) is 338 Å². The SMILES string of the molecule is Cc1cc2c3c(c1)N(c1ccccc1)c1oc4ccc(C(C)(C)C)cc4c1B3c1cc3sc4c5ccccc5c5ccccc5c4c3cc1N2c1ccccc1.Cc1cc2c3c(c1)N(c1ccccc1)c1sc4cc(C(C)(C)C)ccc4c1B3c1cc3sc(-c4ccccc4)c(-c4ccccc4)c3cc1N2c1ccccc1. The number of nitrogens with zero attached hydrogens (tertiary/aromatic N) is 4. The summed E-state index contributed by atoms with van der Waals surface area (Å²) in [5.74, 6) is 0.902. The van der Waals surface area contributed by atoms with Gasteiger partial charge in [-0.3, -0.25) is 4.90 Å². The number of para-hydroxylation sites is 4. The highest BCUT2D eigenvalue weighted by Crippen LogP contribution is 2.54. The van der Waals surface area contributed by atoms with Gasteiger partial charge in [0, 0.05) is 119 Å². The van der Waals surface area contributed by atoms with E-state index in [9.17, 15) is 0 Å². The molecule has 0 N–H and O–H groups in total.